The van der Waals surface area contributed by atoms with Crippen molar-refractivity contribution in [2.45, 2.75) is 12.8 Å². The molecule has 4 nitrogen and oxygen atoms in total. The zero-order valence-electron chi connectivity index (χ0n) is 10.3. The molecule has 0 amide bonds. The van der Waals surface area contributed by atoms with Crippen molar-refractivity contribution < 1.29 is 8.42 Å². The third-order valence-corrected chi connectivity index (χ3v) is 6.71. The maximum atomic E-state index is 11.6. The molecule has 104 valence electrons. The summed E-state index contributed by atoms with van der Waals surface area (Å²) in [7, 11) is -2.84. The average Bonchev–Trinajstić information content (AvgIpc) is 2.99. The van der Waals surface area contributed by atoms with E-state index in [0.717, 1.165) is 23.5 Å². The molecular formula is C12H15ClN2O2S2. The Morgan fingerprint density at radius 2 is 2.42 bits per heavy atom. The molecule has 0 bridgehead atoms. The molecule has 2 aromatic rings. The topological polar surface area (TPSA) is 51.4 Å². The van der Waals surface area contributed by atoms with Gasteiger partial charge in [0.25, 0.3) is 0 Å². The van der Waals surface area contributed by atoms with Crippen molar-refractivity contribution in [2.75, 3.05) is 17.4 Å². The molecule has 1 saturated heterocycles. The highest BCUT2D eigenvalue weighted by molar-refractivity contribution is 7.91. The van der Waals surface area contributed by atoms with Crippen LogP contribution in [0.2, 0.25) is 0 Å². The molecule has 0 saturated carbocycles. The number of alkyl halides is 1. The molecule has 2 unspecified atom stereocenters. The van der Waals surface area contributed by atoms with Crippen molar-refractivity contribution in [1.29, 1.82) is 0 Å². The van der Waals surface area contributed by atoms with Crippen LogP contribution in [0.5, 0.6) is 0 Å². The molecule has 19 heavy (non-hydrogen) atoms. The van der Waals surface area contributed by atoms with Gasteiger partial charge in [-0.15, -0.1) is 22.9 Å². The second-order valence-corrected chi connectivity index (χ2v) is 8.52. The minimum atomic E-state index is -2.84. The van der Waals surface area contributed by atoms with Crippen LogP contribution in [-0.4, -0.2) is 35.2 Å². The largest absolute Gasteiger partial charge is 0.297 e. The minimum absolute atomic E-state index is 0.183. The van der Waals surface area contributed by atoms with E-state index in [4.69, 9.17) is 11.6 Å². The Kier molecular flexibility index (Phi) is 3.57. The monoisotopic (exact) mass is 318 g/mol. The van der Waals surface area contributed by atoms with E-state index in [9.17, 15) is 8.42 Å². The lowest BCUT2D eigenvalue weighted by Crippen LogP contribution is -2.20. The Morgan fingerprint density at radius 1 is 1.58 bits per heavy atom. The second-order valence-electron chi connectivity index (χ2n) is 5.11. The number of imidazole rings is 1. The summed E-state index contributed by atoms with van der Waals surface area (Å²) in [5.74, 6) is 1.46. The van der Waals surface area contributed by atoms with E-state index in [2.05, 4.69) is 4.98 Å². The summed E-state index contributed by atoms with van der Waals surface area (Å²) in [6, 6.07) is 0. The number of rotatable bonds is 4. The van der Waals surface area contributed by atoms with Gasteiger partial charge in [0.15, 0.2) is 14.8 Å². The smallest absolute Gasteiger partial charge is 0.193 e. The third-order valence-electron chi connectivity index (χ3n) is 3.75. The van der Waals surface area contributed by atoms with Gasteiger partial charge >= 0.3 is 0 Å². The van der Waals surface area contributed by atoms with Crippen molar-refractivity contribution in [3.8, 4) is 0 Å². The van der Waals surface area contributed by atoms with Gasteiger partial charge in [-0.05, 0) is 24.7 Å². The van der Waals surface area contributed by atoms with Crippen LogP contribution < -0.4 is 0 Å². The van der Waals surface area contributed by atoms with Crippen LogP contribution in [0.3, 0.4) is 0 Å². The molecule has 1 fully saturated rings. The molecule has 0 aromatic carbocycles. The molecule has 2 atom stereocenters. The highest BCUT2D eigenvalue weighted by atomic mass is 35.5. The summed E-state index contributed by atoms with van der Waals surface area (Å²) < 4.78 is 25.1. The van der Waals surface area contributed by atoms with Gasteiger partial charge < -0.3 is 0 Å². The van der Waals surface area contributed by atoms with E-state index in [1.165, 1.54) is 0 Å². The van der Waals surface area contributed by atoms with E-state index in [1.54, 1.807) is 11.3 Å². The molecule has 0 N–H and O–H groups in total. The fourth-order valence-electron chi connectivity index (χ4n) is 2.69. The summed E-state index contributed by atoms with van der Waals surface area (Å²) in [5, 5.41) is 1.99. The summed E-state index contributed by atoms with van der Waals surface area (Å²) in [5.41, 5.74) is 1.00. The van der Waals surface area contributed by atoms with E-state index in [-0.39, 0.29) is 17.6 Å². The zero-order valence-corrected chi connectivity index (χ0v) is 12.7. The molecule has 3 heterocycles. The number of halogens is 1. The van der Waals surface area contributed by atoms with Crippen LogP contribution >= 0.6 is 22.9 Å². The lowest BCUT2D eigenvalue weighted by Gasteiger charge is -2.18. The van der Waals surface area contributed by atoms with Crippen LogP contribution in [0.4, 0.5) is 0 Å². The second kappa shape index (κ2) is 5.07. The molecule has 0 aliphatic carbocycles. The Morgan fingerprint density at radius 3 is 3.05 bits per heavy atom. The first-order valence-corrected chi connectivity index (χ1v) is 9.48. The molecule has 1 aliphatic rings. The van der Waals surface area contributed by atoms with Gasteiger partial charge in [-0.25, -0.2) is 13.4 Å². The van der Waals surface area contributed by atoms with E-state index in [1.807, 2.05) is 22.2 Å². The highest BCUT2D eigenvalue weighted by Gasteiger charge is 2.33. The first-order valence-electron chi connectivity index (χ1n) is 6.25. The minimum Gasteiger partial charge on any atom is -0.297 e. The third kappa shape index (κ3) is 2.80. The highest BCUT2D eigenvalue weighted by Crippen LogP contribution is 2.29. The molecule has 0 radical (unpaired) electrons. The molecule has 0 spiro atoms. The Hall–Kier alpha value is -0.590. The van der Waals surface area contributed by atoms with Crippen LogP contribution in [0, 0.1) is 11.8 Å². The van der Waals surface area contributed by atoms with E-state index >= 15 is 0 Å². The van der Waals surface area contributed by atoms with Crippen LogP contribution in [0.25, 0.3) is 4.96 Å². The van der Waals surface area contributed by atoms with Crippen molar-refractivity contribution in [3.05, 3.63) is 23.5 Å². The predicted octanol–water partition coefficient (Wildman–Crippen LogP) is 2.23. The number of sulfone groups is 1. The molecular weight excluding hydrogens is 304 g/mol. The normalized spacial score (nSPS) is 23.9. The van der Waals surface area contributed by atoms with E-state index in [0.29, 0.717) is 11.6 Å². The van der Waals surface area contributed by atoms with Gasteiger partial charge in [0, 0.05) is 23.7 Å². The van der Waals surface area contributed by atoms with Crippen LogP contribution in [-0.2, 0) is 16.3 Å². The Labute approximate surface area is 121 Å². The average molecular weight is 319 g/mol. The fraction of sp³-hybridized carbons (Fsp3) is 0.583. The van der Waals surface area contributed by atoms with Crippen molar-refractivity contribution >= 4 is 37.7 Å². The summed E-state index contributed by atoms with van der Waals surface area (Å²) in [6.45, 7) is 0. The molecule has 2 aromatic heterocycles. The predicted molar refractivity (Wildman–Crippen MR) is 77.7 cm³/mol. The molecule has 3 rings (SSSR count). The number of nitrogens with zero attached hydrogens (tertiary/aromatic N) is 2. The van der Waals surface area contributed by atoms with Crippen molar-refractivity contribution in [2.24, 2.45) is 11.8 Å². The maximum Gasteiger partial charge on any atom is 0.193 e. The van der Waals surface area contributed by atoms with Crippen molar-refractivity contribution in [3.63, 3.8) is 0 Å². The lowest BCUT2D eigenvalue weighted by atomic mass is 9.90. The Bertz CT molecular complexity index is 648. The SMILES string of the molecule is O=S1(=O)CCC(C(CCl)Cc2cn3ccsc3n2)C1. The van der Waals surface area contributed by atoms with Crippen LogP contribution in [0.1, 0.15) is 12.1 Å². The quantitative estimate of drug-likeness (QED) is 0.812. The first kappa shape index (κ1) is 13.4. The zero-order chi connectivity index (χ0) is 13.5. The van der Waals surface area contributed by atoms with Gasteiger partial charge in [0.2, 0.25) is 0 Å². The van der Waals surface area contributed by atoms with Gasteiger partial charge in [-0.3, -0.25) is 4.40 Å². The number of hydrogen-bond acceptors (Lipinski definition) is 4. The Balaban J connectivity index is 1.75. The molecule has 1 aliphatic heterocycles. The van der Waals surface area contributed by atoms with Gasteiger partial charge in [0.1, 0.15) is 0 Å². The maximum absolute atomic E-state index is 11.6. The molecule has 7 heteroatoms. The number of aromatic nitrogens is 2. The van der Waals surface area contributed by atoms with E-state index < -0.39 is 9.84 Å². The van der Waals surface area contributed by atoms with Crippen molar-refractivity contribution in [1.82, 2.24) is 9.38 Å². The number of fused-ring (bicyclic) bond motifs is 1. The van der Waals surface area contributed by atoms with Gasteiger partial charge in [-0.2, -0.15) is 0 Å². The fourth-order valence-corrected chi connectivity index (χ4v) is 5.69. The van der Waals surface area contributed by atoms with Gasteiger partial charge in [-0.1, -0.05) is 0 Å². The first-order chi connectivity index (χ1) is 9.07. The standard InChI is InChI=1S/C12H15ClN2O2S2/c13-6-10(9-1-4-19(16,17)8-9)5-11-7-15-2-3-18-12(15)14-11/h2-3,7,9-10H,1,4-6,8H2. The lowest BCUT2D eigenvalue weighted by molar-refractivity contribution is 0.395. The number of hydrogen-bond donors (Lipinski definition) is 0. The van der Waals surface area contributed by atoms with Gasteiger partial charge in [0.05, 0.1) is 17.2 Å². The summed E-state index contributed by atoms with van der Waals surface area (Å²) in [6.07, 6.45) is 5.49. The number of thiazole rings is 1. The summed E-state index contributed by atoms with van der Waals surface area (Å²) in [4.78, 5) is 5.52. The summed E-state index contributed by atoms with van der Waals surface area (Å²) >= 11 is 7.63. The van der Waals surface area contributed by atoms with Crippen LogP contribution in [0.15, 0.2) is 17.8 Å².